The zero-order valence-corrected chi connectivity index (χ0v) is 8.17. The molecule has 1 fully saturated rings. The quantitative estimate of drug-likeness (QED) is 0.589. The molecule has 11 heavy (non-hydrogen) atoms. The van der Waals surface area contributed by atoms with Gasteiger partial charge in [-0.15, -0.1) is 0 Å². The molecular weight excluding hydrogens is 136 g/mol. The summed E-state index contributed by atoms with van der Waals surface area (Å²) in [6.45, 7) is 0. The van der Waals surface area contributed by atoms with Crippen molar-refractivity contribution in [1.29, 1.82) is 0 Å². The Morgan fingerprint density at radius 1 is 0.818 bits per heavy atom. The highest BCUT2D eigenvalue weighted by atomic mass is 15.2. The van der Waals surface area contributed by atoms with Gasteiger partial charge in [-0.2, -0.15) is 0 Å². The Kier molecular flexibility index (Phi) is 2.90. The maximum Gasteiger partial charge on any atom is 0.0245 e. The van der Waals surface area contributed by atoms with E-state index in [0.717, 1.165) is 12.1 Å². The number of nitrogens with zero attached hydrogens (tertiary/aromatic N) is 2. The number of rotatable bonds is 2. The fourth-order valence-electron chi connectivity index (χ4n) is 2.13. The second kappa shape index (κ2) is 3.55. The third-order valence-electron chi connectivity index (χ3n) is 2.77. The molecule has 2 atom stereocenters. The lowest BCUT2D eigenvalue weighted by molar-refractivity contribution is 0.176. The van der Waals surface area contributed by atoms with Crippen LogP contribution >= 0.6 is 0 Å². The summed E-state index contributed by atoms with van der Waals surface area (Å²) < 4.78 is 0. The molecule has 0 saturated heterocycles. The van der Waals surface area contributed by atoms with E-state index in [0.29, 0.717) is 0 Å². The lowest BCUT2D eigenvalue weighted by Crippen LogP contribution is -2.42. The van der Waals surface area contributed by atoms with Gasteiger partial charge in [-0.3, -0.25) is 0 Å². The van der Waals surface area contributed by atoms with Crippen LogP contribution in [0.25, 0.3) is 0 Å². The molecule has 0 aromatic rings. The second-order valence-corrected chi connectivity index (χ2v) is 3.99. The van der Waals surface area contributed by atoms with Gasteiger partial charge in [-0.1, -0.05) is 6.42 Å². The maximum atomic E-state index is 2.36. The minimum Gasteiger partial charge on any atom is -0.305 e. The summed E-state index contributed by atoms with van der Waals surface area (Å²) in [7, 11) is 8.75. The van der Waals surface area contributed by atoms with Crippen molar-refractivity contribution in [2.24, 2.45) is 0 Å². The Hall–Kier alpha value is -0.0800. The molecular formula is C9H20N2. The largest absolute Gasteiger partial charge is 0.305 e. The second-order valence-electron chi connectivity index (χ2n) is 3.99. The number of hydrogen-bond acceptors (Lipinski definition) is 2. The molecule has 1 saturated carbocycles. The first kappa shape index (κ1) is 9.01. The van der Waals surface area contributed by atoms with Crippen LogP contribution in [-0.2, 0) is 0 Å². The van der Waals surface area contributed by atoms with E-state index >= 15 is 0 Å². The van der Waals surface area contributed by atoms with Crippen molar-refractivity contribution in [3.63, 3.8) is 0 Å². The van der Waals surface area contributed by atoms with Gasteiger partial charge in [-0.05, 0) is 41.0 Å². The van der Waals surface area contributed by atoms with Crippen molar-refractivity contribution in [2.75, 3.05) is 28.2 Å². The fraction of sp³-hybridized carbons (Fsp3) is 1.00. The Bertz CT molecular complexity index is 107. The Morgan fingerprint density at radius 2 is 1.18 bits per heavy atom. The third-order valence-corrected chi connectivity index (χ3v) is 2.77. The highest BCUT2D eigenvalue weighted by molar-refractivity contribution is 4.87. The Morgan fingerprint density at radius 3 is 1.45 bits per heavy atom. The first-order valence-electron chi connectivity index (χ1n) is 4.46. The van der Waals surface area contributed by atoms with E-state index in [1.165, 1.54) is 19.3 Å². The van der Waals surface area contributed by atoms with Crippen LogP contribution in [0.5, 0.6) is 0 Å². The molecule has 0 unspecified atom stereocenters. The summed E-state index contributed by atoms with van der Waals surface area (Å²) in [5, 5.41) is 0. The van der Waals surface area contributed by atoms with Crippen molar-refractivity contribution >= 4 is 0 Å². The molecule has 1 aliphatic carbocycles. The topological polar surface area (TPSA) is 6.48 Å². The van der Waals surface area contributed by atoms with E-state index < -0.39 is 0 Å². The van der Waals surface area contributed by atoms with Crippen LogP contribution < -0.4 is 0 Å². The monoisotopic (exact) mass is 156 g/mol. The highest BCUT2D eigenvalue weighted by Gasteiger charge is 2.29. The van der Waals surface area contributed by atoms with Crippen molar-refractivity contribution in [3.8, 4) is 0 Å². The molecule has 0 bridgehead atoms. The smallest absolute Gasteiger partial charge is 0.0245 e. The average molecular weight is 156 g/mol. The first-order chi connectivity index (χ1) is 5.13. The summed E-state index contributed by atoms with van der Waals surface area (Å²) in [5.41, 5.74) is 0. The van der Waals surface area contributed by atoms with Crippen LogP contribution in [0.3, 0.4) is 0 Å². The SMILES string of the molecule is CN(C)[C@@H]1CCC[C@H]1N(C)C. The Balaban J connectivity index is 2.51. The van der Waals surface area contributed by atoms with Gasteiger partial charge in [0.1, 0.15) is 0 Å². The minimum atomic E-state index is 0.782. The van der Waals surface area contributed by atoms with E-state index in [1.807, 2.05) is 0 Å². The molecule has 0 N–H and O–H groups in total. The van der Waals surface area contributed by atoms with E-state index in [9.17, 15) is 0 Å². The molecule has 0 amide bonds. The van der Waals surface area contributed by atoms with Crippen molar-refractivity contribution in [1.82, 2.24) is 9.80 Å². The van der Waals surface area contributed by atoms with Gasteiger partial charge in [0.15, 0.2) is 0 Å². The predicted molar refractivity (Wildman–Crippen MR) is 48.8 cm³/mol. The molecule has 2 nitrogen and oxygen atoms in total. The minimum absolute atomic E-state index is 0.782. The van der Waals surface area contributed by atoms with Crippen LogP contribution in [0, 0.1) is 0 Å². The summed E-state index contributed by atoms with van der Waals surface area (Å²) in [6.07, 6.45) is 4.14. The summed E-state index contributed by atoms with van der Waals surface area (Å²) in [6, 6.07) is 1.56. The average Bonchev–Trinajstić information content (AvgIpc) is 2.32. The van der Waals surface area contributed by atoms with E-state index in [-0.39, 0.29) is 0 Å². The van der Waals surface area contributed by atoms with E-state index in [2.05, 4.69) is 38.0 Å². The van der Waals surface area contributed by atoms with Crippen molar-refractivity contribution < 1.29 is 0 Å². The lowest BCUT2D eigenvalue weighted by atomic mass is 10.1. The van der Waals surface area contributed by atoms with Crippen LogP contribution in [0.15, 0.2) is 0 Å². The van der Waals surface area contributed by atoms with Gasteiger partial charge in [0, 0.05) is 12.1 Å². The maximum absolute atomic E-state index is 2.36. The predicted octanol–water partition coefficient (Wildman–Crippen LogP) is 1.03. The molecule has 0 aromatic heterocycles. The molecule has 1 rings (SSSR count). The summed E-state index contributed by atoms with van der Waals surface area (Å²) in [4.78, 5) is 4.72. The van der Waals surface area contributed by atoms with Crippen LogP contribution in [-0.4, -0.2) is 50.1 Å². The standard InChI is InChI=1S/C9H20N2/c1-10(2)8-6-5-7-9(8)11(3)4/h8-9H,5-7H2,1-4H3/t8-,9-/m1/s1. The molecule has 0 spiro atoms. The van der Waals surface area contributed by atoms with Crippen LogP contribution in [0.1, 0.15) is 19.3 Å². The summed E-state index contributed by atoms with van der Waals surface area (Å²) in [5.74, 6) is 0. The fourth-order valence-corrected chi connectivity index (χ4v) is 2.13. The van der Waals surface area contributed by atoms with Gasteiger partial charge in [0.05, 0.1) is 0 Å². The van der Waals surface area contributed by atoms with Crippen molar-refractivity contribution in [3.05, 3.63) is 0 Å². The van der Waals surface area contributed by atoms with Gasteiger partial charge in [0.2, 0.25) is 0 Å². The summed E-state index contributed by atoms with van der Waals surface area (Å²) >= 11 is 0. The molecule has 66 valence electrons. The molecule has 0 aromatic carbocycles. The Labute approximate surface area is 70.2 Å². The third kappa shape index (κ3) is 1.94. The van der Waals surface area contributed by atoms with Gasteiger partial charge < -0.3 is 9.80 Å². The van der Waals surface area contributed by atoms with Crippen molar-refractivity contribution in [2.45, 2.75) is 31.3 Å². The molecule has 0 aliphatic heterocycles. The van der Waals surface area contributed by atoms with Crippen LogP contribution in [0.2, 0.25) is 0 Å². The molecule has 0 heterocycles. The lowest BCUT2D eigenvalue weighted by Gasteiger charge is -2.30. The van der Waals surface area contributed by atoms with E-state index in [4.69, 9.17) is 0 Å². The zero-order valence-electron chi connectivity index (χ0n) is 8.17. The first-order valence-corrected chi connectivity index (χ1v) is 4.46. The number of hydrogen-bond donors (Lipinski definition) is 0. The van der Waals surface area contributed by atoms with Gasteiger partial charge in [0.25, 0.3) is 0 Å². The molecule has 1 aliphatic rings. The van der Waals surface area contributed by atoms with Crippen LogP contribution in [0.4, 0.5) is 0 Å². The van der Waals surface area contributed by atoms with Gasteiger partial charge in [-0.25, -0.2) is 0 Å². The van der Waals surface area contributed by atoms with Gasteiger partial charge >= 0.3 is 0 Å². The number of likely N-dealkylation sites (N-methyl/N-ethyl adjacent to an activating group) is 2. The molecule has 0 radical (unpaired) electrons. The highest BCUT2D eigenvalue weighted by Crippen LogP contribution is 2.25. The van der Waals surface area contributed by atoms with E-state index in [1.54, 1.807) is 0 Å². The zero-order chi connectivity index (χ0) is 8.43. The normalized spacial score (nSPS) is 32.2. The molecule has 2 heteroatoms.